The van der Waals surface area contributed by atoms with Crippen LogP contribution in [0.5, 0.6) is 0 Å². The molecule has 0 bridgehead atoms. The second-order valence-corrected chi connectivity index (χ2v) is 14.2. The van der Waals surface area contributed by atoms with Gasteiger partial charge in [-0.25, -0.2) is 0 Å². The molecule has 0 aromatic heterocycles. The van der Waals surface area contributed by atoms with Crippen LogP contribution in [0.1, 0.15) is 0 Å². The van der Waals surface area contributed by atoms with Crippen molar-refractivity contribution < 1.29 is 129 Å². The maximum Gasteiger partial charge on any atom is 0.224 e. The SMILES string of the molecule is OC[C@@H]1O[C@@H](O[C@@]2(CO[C@]3(CO[C@]4(CO[C@@]5(CO)O[C@@H](CO)[C@H](O)[C@H]5O)O[C@@H](CO)[C@H](O)[C@H]4O)O[C@@H](CO)[C@H](O)[C@H]3O)O[C@@H](CO)[C@H](O)[C@H]2O)[C@@H](O)[C@H](O)[C@H]1O. The third kappa shape index (κ3) is 7.97. The summed E-state index contributed by atoms with van der Waals surface area (Å²) in [5.74, 6) is -10.8. The summed E-state index contributed by atoms with van der Waals surface area (Å²) < 4.78 is 50.6. The van der Waals surface area contributed by atoms with Gasteiger partial charge in [-0.05, 0) is 0 Å². The van der Waals surface area contributed by atoms with Gasteiger partial charge in [0.25, 0.3) is 0 Å². The van der Waals surface area contributed by atoms with Crippen LogP contribution >= 0.6 is 0 Å². The number of hydrogen-bond acceptors (Lipinski definition) is 26. The third-order valence-electron chi connectivity index (χ3n) is 10.7. The minimum Gasteiger partial charge on any atom is -0.394 e. The van der Waals surface area contributed by atoms with E-state index in [0.717, 1.165) is 0 Å². The van der Waals surface area contributed by atoms with Crippen molar-refractivity contribution in [3.8, 4) is 0 Å². The predicted octanol–water partition coefficient (Wildman–Crippen LogP) is -11.9. The Balaban J connectivity index is 1.47. The van der Waals surface area contributed by atoms with E-state index in [0.29, 0.717) is 0 Å². The normalized spacial score (nSPS) is 52.3. The Labute approximate surface area is 316 Å². The standard InChI is InChI=1S/C30H52O26/c31-1-10-15(37)20(42)21(43)26(51-10)56-30(25(47)19(41)14(5-35)55-30)9-50-29(24(46)18(40)13(4-34)54-29)8-49-28(23(45)17(39)12(3-33)53-28)7-48-27(6-36)22(44)16(38)11(2-32)52-27/h10-26,31-47H,1-9H2/t10-,11-,12-,13-,14-,15-,16-,17-,18-,19-,20+,21-,22+,23+,24+,25+,26-,27-,28+,29+,30+/m0/s1. The highest BCUT2D eigenvalue weighted by atomic mass is 16.8. The highest BCUT2D eigenvalue weighted by Gasteiger charge is 2.65. The molecule has 0 radical (unpaired) electrons. The van der Waals surface area contributed by atoms with Crippen LogP contribution in [0.15, 0.2) is 0 Å². The molecule has 5 aliphatic rings. The van der Waals surface area contributed by atoms with Crippen molar-refractivity contribution in [3.05, 3.63) is 0 Å². The molecule has 0 aromatic carbocycles. The van der Waals surface area contributed by atoms with Gasteiger partial charge >= 0.3 is 0 Å². The Morgan fingerprint density at radius 3 is 1.05 bits per heavy atom. The van der Waals surface area contributed by atoms with Gasteiger partial charge in [-0.3, -0.25) is 0 Å². The second kappa shape index (κ2) is 17.9. The summed E-state index contributed by atoms with van der Waals surface area (Å²) in [7, 11) is 0. The lowest BCUT2D eigenvalue weighted by atomic mass is 9.99. The van der Waals surface area contributed by atoms with Crippen molar-refractivity contribution in [3.63, 3.8) is 0 Å². The van der Waals surface area contributed by atoms with Crippen LogP contribution < -0.4 is 0 Å². The van der Waals surface area contributed by atoms with Crippen LogP contribution in [0.25, 0.3) is 0 Å². The summed E-state index contributed by atoms with van der Waals surface area (Å²) in [5.41, 5.74) is 0. The van der Waals surface area contributed by atoms with Crippen LogP contribution in [0, 0.1) is 0 Å². The molecule has 17 N–H and O–H groups in total. The van der Waals surface area contributed by atoms with Crippen molar-refractivity contribution in [2.45, 2.75) is 127 Å². The molecule has 21 atom stereocenters. The molecule has 5 rings (SSSR count). The average molecular weight is 829 g/mol. The summed E-state index contributed by atoms with van der Waals surface area (Å²) in [6, 6.07) is 0. The predicted molar refractivity (Wildman–Crippen MR) is 167 cm³/mol. The zero-order valence-corrected chi connectivity index (χ0v) is 29.5. The fourth-order valence-corrected chi connectivity index (χ4v) is 7.15. The van der Waals surface area contributed by atoms with Crippen LogP contribution in [-0.2, 0) is 42.6 Å². The lowest BCUT2D eigenvalue weighted by molar-refractivity contribution is -0.406. The van der Waals surface area contributed by atoms with E-state index in [4.69, 9.17) is 42.6 Å². The number of aliphatic hydroxyl groups excluding tert-OH is 17. The van der Waals surface area contributed by atoms with Gasteiger partial charge in [0, 0.05) is 0 Å². The molecule has 0 amide bonds. The Kier molecular flexibility index (Phi) is 14.7. The molecule has 328 valence electrons. The molecular formula is C30H52O26. The van der Waals surface area contributed by atoms with Crippen molar-refractivity contribution in [2.75, 3.05) is 59.5 Å². The van der Waals surface area contributed by atoms with Gasteiger partial charge in [0.2, 0.25) is 23.1 Å². The maximum absolute atomic E-state index is 11.3. The number of ether oxygens (including phenoxy) is 9. The molecule has 0 aliphatic carbocycles. The van der Waals surface area contributed by atoms with E-state index >= 15 is 0 Å². The second-order valence-electron chi connectivity index (χ2n) is 14.2. The zero-order chi connectivity index (χ0) is 41.5. The van der Waals surface area contributed by atoms with Gasteiger partial charge in [-0.15, -0.1) is 0 Å². The molecule has 5 aliphatic heterocycles. The van der Waals surface area contributed by atoms with Crippen molar-refractivity contribution in [1.82, 2.24) is 0 Å². The van der Waals surface area contributed by atoms with E-state index in [-0.39, 0.29) is 0 Å². The van der Waals surface area contributed by atoms with Gasteiger partial charge in [0.1, 0.15) is 124 Å². The summed E-state index contributed by atoms with van der Waals surface area (Å²) in [6.45, 7) is -9.51. The fourth-order valence-electron chi connectivity index (χ4n) is 7.15. The smallest absolute Gasteiger partial charge is 0.224 e. The monoisotopic (exact) mass is 828 g/mol. The highest BCUT2D eigenvalue weighted by molar-refractivity contribution is 5.04. The molecule has 5 fully saturated rings. The van der Waals surface area contributed by atoms with Gasteiger partial charge < -0.3 is 129 Å². The molecular weight excluding hydrogens is 776 g/mol. The molecule has 0 aromatic rings. The molecule has 5 saturated heterocycles. The van der Waals surface area contributed by atoms with Gasteiger partial charge in [0.15, 0.2) is 6.29 Å². The molecule has 0 saturated carbocycles. The minimum absolute atomic E-state index is 0.852. The molecule has 26 heteroatoms. The van der Waals surface area contributed by atoms with E-state index < -0.39 is 187 Å². The largest absolute Gasteiger partial charge is 0.394 e. The molecule has 0 unspecified atom stereocenters. The van der Waals surface area contributed by atoms with E-state index in [1.54, 1.807) is 0 Å². The molecule has 5 heterocycles. The van der Waals surface area contributed by atoms with E-state index in [1.807, 2.05) is 0 Å². The summed E-state index contributed by atoms with van der Waals surface area (Å²) >= 11 is 0. The third-order valence-corrected chi connectivity index (χ3v) is 10.7. The Bertz CT molecular complexity index is 1270. The van der Waals surface area contributed by atoms with Crippen LogP contribution in [-0.4, -0.2) is 273 Å². The maximum atomic E-state index is 11.3. The first kappa shape index (κ1) is 46.0. The Morgan fingerprint density at radius 1 is 0.357 bits per heavy atom. The molecule has 56 heavy (non-hydrogen) atoms. The Hall–Kier alpha value is -1.04. The summed E-state index contributed by atoms with van der Waals surface area (Å²) in [4.78, 5) is 0. The number of aliphatic hydroxyl groups is 17. The topological polar surface area (TPSA) is 427 Å². The quantitative estimate of drug-likeness (QED) is 0.0647. The zero-order valence-electron chi connectivity index (χ0n) is 29.5. The first-order valence-electron chi connectivity index (χ1n) is 17.5. The number of hydrogen-bond donors (Lipinski definition) is 17. The minimum atomic E-state index is -2.79. The summed E-state index contributed by atoms with van der Waals surface area (Å²) in [5, 5.41) is 177. The van der Waals surface area contributed by atoms with Gasteiger partial charge in [-0.2, -0.15) is 0 Å². The first-order valence-corrected chi connectivity index (χ1v) is 17.5. The highest BCUT2D eigenvalue weighted by Crippen LogP contribution is 2.43. The van der Waals surface area contributed by atoms with Crippen molar-refractivity contribution in [1.29, 1.82) is 0 Å². The lowest BCUT2D eigenvalue weighted by Gasteiger charge is -2.45. The summed E-state index contributed by atoms with van der Waals surface area (Å²) in [6.07, 6.45) is -32.5. The van der Waals surface area contributed by atoms with Crippen LogP contribution in [0.4, 0.5) is 0 Å². The van der Waals surface area contributed by atoms with Crippen molar-refractivity contribution >= 4 is 0 Å². The van der Waals surface area contributed by atoms with Crippen molar-refractivity contribution in [2.24, 2.45) is 0 Å². The van der Waals surface area contributed by atoms with E-state index in [2.05, 4.69) is 0 Å². The van der Waals surface area contributed by atoms with E-state index in [1.165, 1.54) is 0 Å². The van der Waals surface area contributed by atoms with Gasteiger partial charge in [-0.1, -0.05) is 0 Å². The number of rotatable bonds is 17. The lowest BCUT2D eigenvalue weighted by Crippen LogP contribution is -2.63. The molecule has 26 nitrogen and oxygen atoms in total. The average Bonchev–Trinajstić information content (AvgIpc) is 3.80. The van der Waals surface area contributed by atoms with Crippen LogP contribution in [0.3, 0.4) is 0 Å². The molecule has 0 spiro atoms. The Morgan fingerprint density at radius 2 is 0.679 bits per heavy atom. The van der Waals surface area contributed by atoms with Crippen LogP contribution in [0.2, 0.25) is 0 Å². The first-order chi connectivity index (χ1) is 26.4. The van der Waals surface area contributed by atoms with Gasteiger partial charge in [0.05, 0.1) is 33.0 Å². The van der Waals surface area contributed by atoms with E-state index in [9.17, 15) is 86.8 Å². The fraction of sp³-hybridized carbons (Fsp3) is 1.00.